The molecular formula is C21H26FN5O3. The summed E-state index contributed by atoms with van der Waals surface area (Å²) in [7, 11) is 0. The molecular weight excluding hydrogens is 389 g/mol. The molecule has 30 heavy (non-hydrogen) atoms. The lowest BCUT2D eigenvalue weighted by Gasteiger charge is -2.31. The van der Waals surface area contributed by atoms with E-state index in [0.717, 1.165) is 12.8 Å². The molecule has 160 valence electrons. The molecule has 3 N–H and O–H groups in total. The summed E-state index contributed by atoms with van der Waals surface area (Å²) in [4.78, 5) is 21.6. The number of hydrogen-bond donors (Lipinski definition) is 2. The molecule has 0 aliphatic carbocycles. The Morgan fingerprint density at radius 2 is 2.17 bits per heavy atom. The van der Waals surface area contributed by atoms with Gasteiger partial charge >= 0.3 is 6.09 Å². The summed E-state index contributed by atoms with van der Waals surface area (Å²) in [5.41, 5.74) is 6.65. The van der Waals surface area contributed by atoms with E-state index in [1.807, 2.05) is 0 Å². The van der Waals surface area contributed by atoms with E-state index in [1.54, 1.807) is 42.3 Å². The van der Waals surface area contributed by atoms with Crippen molar-refractivity contribution in [1.82, 2.24) is 15.2 Å². The van der Waals surface area contributed by atoms with E-state index in [1.165, 1.54) is 12.3 Å². The molecule has 1 fully saturated rings. The van der Waals surface area contributed by atoms with Crippen LogP contribution < -0.4 is 15.8 Å². The van der Waals surface area contributed by atoms with Crippen LogP contribution in [-0.4, -0.2) is 47.7 Å². The van der Waals surface area contributed by atoms with Crippen molar-refractivity contribution in [2.24, 2.45) is 10.7 Å². The number of amides is 1. The van der Waals surface area contributed by atoms with Gasteiger partial charge in [-0.25, -0.2) is 14.2 Å². The first kappa shape index (κ1) is 21.4. The van der Waals surface area contributed by atoms with Crippen molar-refractivity contribution in [3.8, 4) is 11.5 Å². The Morgan fingerprint density at radius 1 is 1.37 bits per heavy atom. The maximum Gasteiger partial charge on any atom is 0.409 e. The summed E-state index contributed by atoms with van der Waals surface area (Å²) >= 11 is 0. The normalized spacial score (nSPS) is 15.0. The highest BCUT2D eigenvalue weighted by Crippen LogP contribution is 2.24. The molecule has 0 spiro atoms. The molecule has 2 aromatic rings. The number of aliphatic imine (C=N–C) groups is 1. The summed E-state index contributed by atoms with van der Waals surface area (Å²) in [6, 6.07) is 8.22. The fourth-order valence-corrected chi connectivity index (χ4v) is 3.11. The number of rotatable bonds is 6. The first-order chi connectivity index (χ1) is 14.5. The number of aromatic nitrogens is 1. The molecule has 0 unspecified atom stereocenters. The first-order valence-corrected chi connectivity index (χ1v) is 9.89. The number of guanidine groups is 1. The van der Waals surface area contributed by atoms with Crippen molar-refractivity contribution in [3.05, 3.63) is 54.1 Å². The van der Waals surface area contributed by atoms with Gasteiger partial charge < -0.3 is 25.4 Å². The second kappa shape index (κ2) is 10.4. The van der Waals surface area contributed by atoms with E-state index >= 15 is 0 Å². The maximum atomic E-state index is 14.3. The van der Waals surface area contributed by atoms with Gasteiger partial charge in [-0.2, -0.15) is 0 Å². The average molecular weight is 415 g/mol. The van der Waals surface area contributed by atoms with Gasteiger partial charge in [0, 0.05) is 25.3 Å². The number of pyridine rings is 1. The highest BCUT2D eigenvalue weighted by molar-refractivity contribution is 5.78. The maximum absolute atomic E-state index is 14.3. The molecule has 3 rings (SSSR count). The number of nitrogens with one attached hydrogen (secondary N) is 1. The molecule has 0 radical (unpaired) electrons. The monoisotopic (exact) mass is 415 g/mol. The summed E-state index contributed by atoms with van der Waals surface area (Å²) in [6.45, 7) is 3.61. The van der Waals surface area contributed by atoms with E-state index in [4.69, 9.17) is 15.2 Å². The van der Waals surface area contributed by atoms with Gasteiger partial charge in [0.1, 0.15) is 5.75 Å². The molecule has 0 saturated carbocycles. The molecule has 1 aliphatic rings. The van der Waals surface area contributed by atoms with Crippen LogP contribution in [0, 0.1) is 5.82 Å². The molecule has 1 aromatic heterocycles. The van der Waals surface area contributed by atoms with Crippen LogP contribution >= 0.6 is 0 Å². The second-order valence-corrected chi connectivity index (χ2v) is 6.86. The fourth-order valence-electron chi connectivity index (χ4n) is 3.11. The standard InChI is InChI=1S/C21H26FN5O3/c1-2-29-21(28)27-10-7-16(8-11-27)26-20(23)25-13-15-5-6-19(18(22)12-15)30-17-4-3-9-24-14-17/h3-6,9,12,14,16H,2,7-8,10-11,13H2,1H3,(H3,23,25,26). The Hall–Kier alpha value is -3.36. The van der Waals surface area contributed by atoms with Crippen molar-refractivity contribution in [3.63, 3.8) is 0 Å². The smallest absolute Gasteiger partial charge is 0.409 e. The highest BCUT2D eigenvalue weighted by atomic mass is 19.1. The van der Waals surface area contributed by atoms with E-state index in [0.29, 0.717) is 37.0 Å². The van der Waals surface area contributed by atoms with Crippen LogP contribution in [0.25, 0.3) is 0 Å². The Balaban J connectivity index is 1.48. The number of nitrogens with two attached hydrogens (primary N) is 1. The zero-order valence-electron chi connectivity index (χ0n) is 16.9. The lowest BCUT2D eigenvalue weighted by molar-refractivity contribution is 0.0963. The Morgan fingerprint density at radius 3 is 2.83 bits per heavy atom. The lowest BCUT2D eigenvalue weighted by atomic mass is 10.1. The number of ether oxygens (including phenoxy) is 2. The second-order valence-electron chi connectivity index (χ2n) is 6.86. The van der Waals surface area contributed by atoms with Crippen LogP contribution in [0.2, 0.25) is 0 Å². The van der Waals surface area contributed by atoms with Crippen LogP contribution in [0.5, 0.6) is 11.5 Å². The predicted molar refractivity (Wildman–Crippen MR) is 111 cm³/mol. The van der Waals surface area contributed by atoms with Crippen LogP contribution in [0.3, 0.4) is 0 Å². The van der Waals surface area contributed by atoms with Gasteiger partial charge in [0.25, 0.3) is 0 Å². The third-order valence-electron chi connectivity index (χ3n) is 4.66. The molecule has 0 bridgehead atoms. The molecule has 0 atom stereocenters. The Kier molecular flexibility index (Phi) is 7.42. The molecule has 2 heterocycles. The van der Waals surface area contributed by atoms with Gasteiger partial charge in [-0.3, -0.25) is 4.98 Å². The molecule has 1 amide bonds. The number of carbonyl (C=O) groups excluding carboxylic acids is 1. The minimum atomic E-state index is -0.482. The van der Waals surface area contributed by atoms with E-state index < -0.39 is 5.82 Å². The Labute approximate surface area is 174 Å². The third-order valence-corrected chi connectivity index (χ3v) is 4.66. The number of nitrogens with zero attached hydrogens (tertiary/aromatic N) is 3. The minimum Gasteiger partial charge on any atom is -0.453 e. The molecule has 1 saturated heterocycles. The summed E-state index contributed by atoms with van der Waals surface area (Å²) in [6.07, 6.45) is 4.36. The van der Waals surface area contributed by atoms with Gasteiger partial charge in [-0.05, 0) is 49.6 Å². The van der Waals surface area contributed by atoms with Crippen LogP contribution in [0.1, 0.15) is 25.3 Å². The van der Waals surface area contributed by atoms with Gasteiger partial charge in [-0.1, -0.05) is 6.07 Å². The van der Waals surface area contributed by atoms with E-state index in [2.05, 4.69) is 15.3 Å². The number of benzene rings is 1. The predicted octanol–water partition coefficient (Wildman–Crippen LogP) is 3.04. The molecule has 9 heteroatoms. The van der Waals surface area contributed by atoms with Crippen molar-refractivity contribution in [2.45, 2.75) is 32.4 Å². The summed E-state index contributed by atoms with van der Waals surface area (Å²) in [5, 5.41) is 3.16. The van der Waals surface area contributed by atoms with Crippen molar-refractivity contribution in [2.75, 3.05) is 19.7 Å². The lowest BCUT2D eigenvalue weighted by Crippen LogP contribution is -2.48. The summed E-state index contributed by atoms with van der Waals surface area (Å²) in [5.74, 6) is 0.393. The zero-order valence-corrected chi connectivity index (χ0v) is 16.9. The van der Waals surface area contributed by atoms with E-state index in [-0.39, 0.29) is 24.4 Å². The average Bonchev–Trinajstić information content (AvgIpc) is 2.75. The van der Waals surface area contributed by atoms with Gasteiger partial charge in [0.2, 0.25) is 0 Å². The van der Waals surface area contributed by atoms with Crippen LogP contribution in [0.4, 0.5) is 9.18 Å². The zero-order chi connectivity index (χ0) is 21.3. The number of hydrogen-bond acceptors (Lipinski definition) is 5. The fraction of sp³-hybridized carbons (Fsp3) is 0.381. The Bertz CT molecular complexity index is 870. The van der Waals surface area contributed by atoms with Crippen LogP contribution in [-0.2, 0) is 11.3 Å². The minimum absolute atomic E-state index is 0.121. The molecule has 8 nitrogen and oxygen atoms in total. The van der Waals surface area contributed by atoms with E-state index in [9.17, 15) is 9.18 Å². The summed E-state index contributed by atoms with van der Waals surface area (Å²) < 4.78 is 24.8. The third kappa shape index (κ3) is 6.07. The molecule has 1 aliphatic heterocycles. The van der Waals surface area contributed by atoms with Gasteiger partial charge in [0.15, 0.2) is 17.5 Å². The quantitative estimate of drug-likeness (QED) is 0.555. The molecule has 1 aromatic carbocycles. The first-order valence-electron chi connectivity index (χ1n) is 9.89. The number of halogens is 1. The highest BCUT2D eigenvalue weighted by Gasteiger charge is 2.23. The van der Waals surface area contributed by atoms with Crippen LogP contribution in [0.15, 0.2) is 47.7 Å². The number of carbonyl (C=O) groups is 1. The van der Waals surface area contributed by atoms with Gasteiger partial charge in [0.05, 0.1) is 19.3 Å². The number of likely N-dealkylation sites (tertiary alicyclic amines) is 1. The van der Waals surface area contributed by atoms with Gasteiger partial charge in [-0.15, -0.1) is 0 Å². The largest absolute Gasteiger partial charge is 0.453 e. The SMILES string of the molecule is CCOC(=O)N1CCC(NC(N)=NCc2ccc(Oc3cccnc3)c(F)c2)CC1. The van der Waals surface area contributed by atoms with Crippen molar-refractivity contribution >= 4 is 12.1 Å². The van der Waals surface area contributed by atoms with Crippen molar-refractivity contribution < 1.29 is 18.7 Å². The topological polar surface area (TPSA) is 102 Å². The van der Waals surface area contributed by atoms with Crippen molar-refractivity contribution in [1.29, 1.82) is 0 Å². The number of piperidine rings is 1.